The lowest BCUT2D eigenvalue weighted by molar-refractivity contribution is -0.146. The first-order valence-electron chi connectivity index (χ1n) is 8.99. The first-order valence-corrected chi connectivity index (χ1v) is 8.99. The summed E-state index contributed by atoms with van der Waals surface area (Å²) in [4.78, 5) is 27.3. The van der Waals surface area contributed by atoms with Crippen LogP contribution in [0.25, 0.3) is 10.9 Å². The van der Waals surface area contributed by atoms with Crippen molar-refractivity contribution < 1.29 is 14.3 Å². The molecule has 0 aliphatic carbocycles. The van der Waals surface area contributed by atoms with E-state index in [4.69, 9.17) is 4.74 Å². The number of hydrogen-bond acceptors (Lipinski definition) is 3. The van der Waals surface area contributed by atoms with Gasteiger partial charge in [-0.3, -0.25) is 4.79 Å². The number of nitrogens with one attached hydrogen (secondary N) is 3. The van der Waals surface area contributed by atoms with Crippen LogP contribution in [0.4, 0.5) is 4.79 Å². The standard InChI is InChI=1S/C20H29N3O3/c1-13(2)26-18(24)12-17-15(14-8-6-7-9-16(14)22-17)10-11-21-19(25)23-20(3,4)5/h6-9,13,22H,10-12H2,1-5H3,(H2,21,23,25). The molecule has 26 heavy (non-hydrogen) atoms. The van der Waals surface area contributed by atoms with Crippen LogP contribution in [0.5, 0.6) is 0 Å². The Bertz CT molecular complexity index is 772. The number of urea groups is 1. The number of aromatic nitrogens is 1. The van der Waals surface area contributed by atoms with Gasteiger partial charge in [0, 0.05) is 28.7 Å². The van der Waals surface area contributed by atoms with Crippen molar-refractivity contribution in [1.29, 1.82) is 0 Å². The van der Waals surface area contributed by atoms with Crippen molar-refractivity contribution in [2.24, 2.45) is 0 Å². The number of amides is 2. The molecule has 0 saturated carbocycles. The highest BCUT2D eigenvalue weighted by Crippen LogP contribution is 2.23. The average molecular weight is 359 g/mol. The van der Waals surface area contributed by atoms with Crippen LogP contribution in [0.2, 0.25) is 0 Å². The predicted molar refractivity (Wildman–Crippen MR) is 103 cm³/mol. The van der Waals surface area contributed by atoms with E-state index in [-0.39, 0.29) is 30.1 Å². The average Bonchev–Trinajstić information content (AvgIpc) is 2.82. The summed E-state index contributed by atoms with van der Waals surface area (Å²) in [7, 11) is 0. The molecule has 2 rings (SSSR count). The zero-order valence-electron chi connectivity index (χ0n) is 16.2. The minimum atomic E-state index is -0.281. The monoisotopic (exact) mass is 359 g/mol. The fourth-order valence-electron chi connectivity index (χ4n) is 2.83. The number of carbonyl (C=O) groups excluding carboxylic acids is 2. The van der Waals surface area contributed by atoms with Gasteiger partial charge in [-0.05, 0) is 52.7 Å². The largest absolute Gasteiger partial charge is 0.463 e. The summed E-state index contributed by atoms with van der Waals surface area (Å²) in [5.41, 5.74) is 2.58. The van der Waals surface area contributed by atoms with E-state index in [9.17, 15) is 9.59 Å². The van der Waals surface area contributed by atoms with Crippen molar-refractivity contribution in [3.05, 3.63) is 35.5 Å². The number of carbonyl (C=O) groups is 2. The van der Waals surface area contributed by atoms with Crippen LogP contribution in [0, 0.1) is 0 Å². The van der Waals surface area contributed by atoms with Gasteiger partial charge in [0.2, 0.25) is 0 Å². The van der Waals surface area contributed by atoms with Gasteiger partial charge in [0.15, 0.2) is 0 Å². The van der Waals surface area contributed by atoms with Crippen molar-refractivity contribution in [1.82, 2.24) is 15.6 Å². The van der Waals surface area contributed by atoms with Crippen LogP contribution in [-0.4, -0.2) is 35.2 Å². The highest BCUT2D eigenvalue weighted by Gasteiger charge is 2.17. The van der Waals surface area contributed by atoms with Crippen LogP contribution in [0.1, 0.15) is 45.9 Å². The number of aromatic amines is 1. The normalized spacial score (nSPS) is 11.6. The molecule has 0 atom stereocenters. The fourth-order valence-corrected chi connectivity index (χ4v) is 2.83. The van der Waals surface area contributed by atoms with Gasteiger partial charge in [-0.15, -0.1) is 0 Å². The molecule has 0 bridgehead atoms. The number of hydrogen-bond donors (Lipinski definition) is 3. The fraction of sp³-hybridized carbons (Fsp3) is 0.500. The Morgan fingerprint density at radius 1 is 1.19 bits per heavy atom. The molecule has 0 radical (unpaired) electrons. The summed E-state index contributed by atoms with van der Waals surface area (Å²) in [6.07, 6.45) is 0.681. The van der Waals surface area contributed by atoms with Crippen molar-refractivity contribution in [3.8, 4) is 0 Å². The molecular weight excluding hydrogens is 330 g/mol. The van der Waals surface area contributed by atoms with Crippen LogP contribution < -0.4 is 10.6 Å². The van der Waals surface area contributed by atoms with E-state index in [2.05, 4.69) is 15.6 Å². The van der Waals surface area contributed by atoms with Crippen LogP contribution in [0.15, 0.2) is 24.3 Å². The molecule has 142 valence electrons. The number of para-hydroxylation sites is 1. The maximum atomic E-state index is 12.1. The molecule has 2 aromatic rings. The summed E-state index contributed by atoms with van der Waals surface area (Å²) in [6.45, 7) is 9.96. The Balaban J connectivity index is 2.10. The lowest BCUT2D eigenvalue weighted by Crippen LogP contribution is -2.46. The topological polar surface area (TPSA) is 83.2 Å². The Morgan fingerprint density at radius 3 is 2.54 bits per heavy atom. The van der Waals surface area contributed by atoms with E-state index in [1.54, 1.807) is 0 Å². The molecule has 1 aromatic carbocycles. The van der Waals surface area contributed by atoms with Crippen molar-refractivity contribution >= 4 is 22.9 Å². The Labute approximate surface area is 154 Å². The second kappa shape index (κ2) is 8.25. The van der Waals surface area contributed by atoms with E-state index in [0.717, 1.165) is 22.2 Å². The maximum Gasteiger partial charge on any atom is 0.315 e. The van der Waals surface area contributed by atoms with Crippen LogP contribution in [-0.2, 0) is 22.4 Å². The summed E-state index contributed by atoms with van der Waals surface area (Å²) >= 11 is 0. The molecule has 0 fully saturated rings. The van der Waals surface area contributed by atoms with Gasteiger partial charge in [0.1, 0.15) is 0 Å². The molecule has 0 spiro atoms. The zero-order valence-corrected chi connectivity index (χ0v) is 16.2. The highest BCUT2D eigenvalue weighted by molar-refractivity contribution is 5.86. The van der Waals surface area contributed by atoms with Gasteiger partial charge in [0.25, 0.3) is 0 Å². The number of esters is 1. The maximum absolute atomic E-state index is 12.1. The molecule has 0 aliphatic rings. The molecule has 2 amide bonds. The van der Waals surface area contributed by atoms with Gasteiger partial charge in [-0.1, -0.05) is 18.2 Å². The molecule has 1 heterocycles. The lowest BCUT2D eigenvalue weighted by atomic mass is 10.1. The first kappa shape index (κ1) is 19.8. The molecule has 0 aliphatic heterocycles. The summed E-state index contributed by atoms with van der Waals surface area (Å²) < 4.78 is 5.26. The highest BCUT2D eigenvalue weighted by atomic mass is 16.5. The summed E-state index contributed by atoms with van der Waals surface area (Å²) in [6, 6.07) is 7.73. The molecule has 3 N–H and O–H groups in total. The number of benzene rings is 1. The summed E-state index contributed by atoms with van der Waals surface area (Å²) in [5, 5.41) is 6.82. The molecule has 0 unspecified atom stereocenters. The third-order valence-corrected chi connectivity index (χ3v) is 3.74. The smallest absolute Gasteiger partial charge is 0.315 e. The van der Waals surface area contributed by atoms with E-state index in [1.165, 1.54) is 0 Å². The second-order valence-corrected chi connectivity index (χ2v) is 7.72. The van der Waals surface area contributed by atoms with Crippen molar-refractivity contribution in [2.45, 2.75) is 59.1 Å². The van der Waals surface area contributed by atoms with Crippen LogP contribution >= 0.6 is 0 Å². The number of rotatable bonds is 6. The Kier molecular flexibility index (Phi) is 6.29. The quantitative estimate of drug-likeness (QED) is 0.692. The minimum Gasteiger partial charge on any atom is -0.463 e. The minimum absolute atomic E-state index is 0.141. The predicted octanol–water partition coefficient (Wildman–Crippen LogP) is 3.30. The van der Waals surface area contributed by atoms with Crippen molar-refractivity contribution in [2.75, 3.05) is 6.54 Å². The van der Waals surface area contributed by atoms with E-state index >= 15 is 0 Å². The number of fused-ring (bicyclic) bond motifs is 1. The molecule has 1 aromatic heterocycles. The third-order valence-electron chi connectivity index (χ3n) is 3.74. The zero-order chi connectivity index (χ0) is 19.3. The molecule has 6 nitrogen and oxygen atoms in total. The van der Waals surface area contributed by atoms with Crippen LogP contribution in [0.3, 0.4) is 0 Å². The Morgan fingerprint density at radius 2 is 1.88 bits per heavy atom. The van der Waals surface area contributed by atoms with Gasteiger partial charge >= 0.3 is 12.0 Å². The Hall–Kier alpha value is -2.50. The van der Waals surface area contributed by atoms with Gasteiger partial charge in [0.05, 0.1) is 12.5 Å². The first-order chi connectivity index (χ1) is 12.2. The summed E-state index contributed by atoms with van der Waals surface area (Å²) in [5.74, 6) is -0.258. The van der Waals surface area contributed by atoms with E-state index in [1.807, 2.05) is 58.9 Å². The SMILES string of the molecule is CC(C)OC(=O)Cc1[nH]c2ccccc2c1CCNC(=O)NC(C)(C)C. The third kappa shape index (κ3) is 5.79. The van der Waals surface area contributed by atoms with Gasteiger partial charge in [-0.25, -0.2) is 4.79 Å². The number of H-pyrrole nitrogens is 1. The second-order valence-electron chi connectivity index (χ2n) is 7.72. The van der Waals surface area contributed by atoms with E-state index < -0.39 is 0 Å². The number of ether oxygens (including phenoxy) is 1. The van der Waals surface area contributed by atoms with E-state index in [0.29, 0.717) is 13.0 Å². The van der Waals surface area contributed by atoms with Crippen molar-refractivity contribution in [3.63, 3.8) is 0 Å². The molecule has 6 heteroatoms. The van der Waals surface area contributed by atoms with Gasteiger partial charge < -0.3 is 20.4 Å². The lowest BCUT2D eigenvalue weighted by Gasteiger charge is -2.20. The molecular formula is C20H29N3O3. The molecule has 0 saturated heterocycles. The van der Waals surface area contributed by atoms with Gasteiger partial charge in [-0.2, -0.15) is 0 Å².